The summed E-state index contributed by atoms with van der Waals surface area (Å²) < 4.78 is 17.9. The summed E-state index contributed by atoms with van der Waals surface area (Å²) in [4.78, 5) is 59.1. The van der Waals surface area contributed by atoms with E-state index in [0.29, 0.717) is 34.3 Å². The van der Waals surface area contributed by atoms with Crippen LogP contribution in [0.1, 0.15) is 65.7 Å². The fraction of sp³-hybridized carbons (Fsp3) is 0.545. The summed E-state index contributed by atoms with van der Waals surface area (Å²) in [5.74, 6) is -1.54. The van der Waals surface area contributed by atoms with E-state index < -0.39 is 53.2 Å². The van der Waals surface area contributed by atoms with Crippen molar-refractivity contribution >= 4 is 50.6 Å². The van der Waals surface area contributed by atoms with E-state index in [1.54, 1.807) is 34.1 Å². The molecule has 0 unspecified atom stereocenters. The fourth-order valence-electron chi connectivity index (χ4n) is 6.15. The first-order valence-corrected chi connectivity index (χ1v) is 16.4. The molecule has 5 rings (SSSR count). The number of amides is 3. The van der Waals surface area contributed by atoms with Gasteiger partial charge in [0.1, 0.15) is 35.1 Å². The molecule has 2 aliphatic heterocycles. The Morgan fingerprint density at radius 1 is 1.20 bits per heavy atom. The van der Waals surface area contributed by atoms with Crippen LogP contribution < -0.4 is 20.1 Å². The van der Waals surface area contributed by atoms with Gasteiger partial charge in [0.05, 0.1) is 18.1 Å². The number of carbonyl (C=O) groups is 4. The molecule has 5 atom stereocenters. The summed E-state index contributed by atoms with van der Waals surface area (Å²) in [5.41, 5.74) is -2.21. The second-order valence-corrected chi connectivity index (χ2v) is 14.0. The van der Waals surface area contributed by atoms with Gasteiger partial charge in [-0.3, -0.25) is 9.59 Å². The first-order chi connectivity index (χ1) is 21.8. The van der Waals surface area contributed by atoms with Gasteiger partial charge in [0, 0.05) is 23.9 Å². The molecule has 13 heteroatoms. The van der Waals surface area contributed by atoms with Crippen molar-refractivity contribution in [1.29, 1.82) is 0 Å². The van der Waals surface area contributed by atoms with Crippen LogP contribution in [0.4, 0.5) is 4.79 Å². The number of halogens is 1. The number of allylic oxidation sites excluding steroid dienone is 1. The molecule has 0 radical (unpaired) electrons. The Bertz CT molecular complexity index is 1540. The van der Waals surface area contributed by atoms with E-state index in [9.17, 15) is 24.3 Å². The normalized spacial score (nSPS) is 27.7. The minimum absolute atomic E-state index is 0.0300. The zero-order valence-electron chi connectivity index (χ0n) is 26.5. The van der Waals surface area contributed by atoms with Gasteiger partial charge in [-0.1, -0.05) is 25.0 Å². The standard InChI is InChI=1S/C33H41BrN4O8/c1-32(2,3)46-31(43)36-24-11-9-7-5-6-8-10-20-17-33(20,30(41)42)37-27(39)25-15-21(18-38(25)29(24)40)45-28-22-16-23(34)26(44-4)14-19(22)12-13-35-28/h8,10,12-14,16,20-21,24-25H,5-7,9,11,15,17-18H2,1-4H3,(H,36,43)(H,37,39)(H,41,42)/b10-8-/t20-,21-,24+,25+,33-/m1/s1. The Morgan fingerprint density at radius 3 is 2.70 bits per heavy atom. The second kappa shape index (κ2) is 13.5. The molecule has 1 aromatic heterocycles. The Morgan fingerprint density at radius 2 is 1.98 bits per heavy atom. The molecule has 1 aromatic carbocycles. The SMILES string of the molecule is COc1cc2ccnc(O[C@@H]3C[C@H]4C(=O)N[C@]5(C(=O)O)C[C@H]5/C=C\CCCCC[C@H](NC(=O)OC(C)(C)C)C(=O)N4C3)c2cc1Br. The number of carboxylic acid groups (broad SMARTS) is 1. The van der Waals surface area contributed by atoms with Crippen molar-refractivity contribution in [3.8, 4) is 11.6 Å². The molecule has 3 amide bonds. The van der Waals surface area contributed by atoms with E-state index in [2.05, 4.69) is 31.5 Å². The third-order valence-electron chi connectivity index (χ3n) is 8.59. The first kappa shape index (κ1) is 33.5. The highest BCUT2D eigenvalue weighted by Gasteiger charge is 2.61. The molecular formula is C33H41BrN4O8. The molecule has 1 saturated heterocycles. The summed E-state index contributed by atoms with van der Waals surface area (Å²) in [7, 11) is 1.57. The number of nitrogens with one attached hydrogen (secondary N) is 2. The molecule has 2 aromatic rings. The number of fused-ring (bicyclic) bond motifs is 3. The van der Waals surface area contributed by atoms with Crippen molar-refractivity contribution < 1.29 is 38.5 Å². The molecule has 248 valence electrons. The van der Waals surface area contributed by atoms with Crippen LogP contribution in [0.25, 0.3) is 10.8 Å². The molecule has 1 saturated carbocycles. The van der Waals surface area contributed by atoms with Crippen LogP contribution >= 0.6 is 15.9 Å². The van der Waals surface area contributed by atoms with Gasteiger partial charge in [0.15, 0.2) is 0 Å². The highest BCUT2D eigenvalue weighted by atomic mass is 79.9. The zero-order valence-corrected chi connectivity index (χ0v) is 28.1. The number of pyridine rings is 1. The van der Waals surface area contributed by atoms with Crippen LogP contribution in [0.3, 0.4) is 0 Å². The van der Waals surface area contributed by atoms with Crippen LogP contribution in [0.2, 0.25) is 0 Å². The quantitative estimate of drug-likeness (QED) is 0.376. The topological polar surface area (TPSA) is 156 Å². The Labute approximate surface area is 276 Å². The number of carbonyl (C=O) groups excluding carboxylic acids is 3. The van der Waals surface area contributed by atoms with Gasteiger partial charge in [0.2, 0.25) is 17.7 Å². The van der Waals surface area contributed by atoms with Crippen molar-refractivity contribution in [2.24, 2.45) is 5.92 Å². The number of aromatic nitrogens is 1. The largest absolute Gasteiger partial charge is 0.496 e. The van der Waals surface area contributed by atoms with E-state index in [-0.39, 0.29) is 25.3 Å². The Balaban J connectivity index is 1.45. The van der Waals surface area contributed by atoms with Crippen molar-refractivity contribution in [2.45, 2.75) is 95.0 Å². The van der Waals surface area contributed by atoms with Gasteiger partial charge in [-0.05, 0) is 86.0 Å². The lowest BCUT2D eigenvalue weighted by Gasteiger charge is -2.30. The molecule has 0 spiro atoms. The average molecular weight is 702 g/mol. The lowest BCUT2D eigenvalue weighted by atomic mass is 10.0. The van der Waals surface area contributed by atoms with Crippen molar-refractivity contribution in [1.82, 2.24) is 20.5 Å². The maximum absolute atomic E-state index is 14.2. The number of hydrogen-bond donors (Lipinski definition) is 3. The number of alkyl carbamates (subject to hydrolysis) is 1. The van der Waals surface area contributed by atoms with Gasteiger partial charge in [-0.15, -0.1) is 0 Å². The van der Waals surface area contributed by atoms with Crippen molar-refractivity contribution in [3.05, 3.63) is 41.0 Å². The highest BCUT2D eigenvalue weighted by Crippen LogP contribution is 2.45. The molecule has 2 fully saturated rings. The van der Waals surface area contributed by atoms with E-state index in [4.69, 9.17) is 14.2 Å². The Kier molecular flexibility index (Phi) is 9.81. The number of methoxy groups -OCH3 is 1. The molecule has 0 bridgehead atoms. The Hall–Kier alpha value is -3.87. The van der Waals surface area contributed by atoms with Crippen molar-refractivity contribution in [3.63, 3.8) is 0 Å². The lowest BCUT2D eigenvalue weighted by Crippen LogP contribution is -2.56. The van der Waals surface area contributed by atoms with Crippen LogP contribution in [-0.4, -0.2) is 81.8 Å². The van der Waals surface area contributed by atoms with E-state index in [1.807, 2.05) is 30.4 Å². The van der Waals surface area contributed by atoms with Gasteiger partial charge in [0.25, 0.3) is 0 Å². The minimum atomic E-state index is -1.43. The van der Waals surface area contributed by atoms with Gasteiger partial charge in [-0.2, -0.15) is 0 Å². The summed E-state index contributed by atoms with van der Waals surface area (Å²) in [6.07, 6.45) is 7.82. The number of hydrogen-bond acceptors (Lipinski definition) is 8. The molecule has 3 N–H and O–H groups in total. The highest BCUT2D eigenvalue weighted by molar-refractivity contribution is 9.10. The smallest absolute Gasteiger partial charge is 0.408 e. The fourth-order valence-corrected chi connectivity index (χ4v) is 6.66. The third kappa shape index (κ3) is 7.40. The molecule has 1 aliphatic carbocycles. The minimum Gasteiger partial charge on any atom is -0.496 e. The van der Waals surface area contributed by atoms with E-state index >= 15 is 0 Å². The van der Waals surface area contributed by atoms with E-state index in [1.165, 1.54) is 4.90 Å². The number of nitrogens with zero attached hydrogens (tertiary/aromatic N) is 2. The molecule has 46 heavy (non-hydrogen) atoms. The predicted molar refractivity (Wildman–Crippen MR) is 173 cm³/mol. The molecular weight excluding hydrogens is 660 g/mol. The van der Waals surface area contributed by atoms with Gasteiger partial charge < -0.3 is 34.9 Å². The number of aliphatic carboxylic acids is 1. The molecule has 3 aliphatic rings. The van der Waals surface area contributed by atoms with Gasteiger partial charge >= 0.3 is 12.1 Å². The average Bonchev–Trinajstić information content (AvgIpc) is 3.52. The monoisotopic (exact) mass is 700 g/mol. The van der Waals surface area contributed by atoms with Crippen LogP contribution in [0, 0.1) is 5.92 Å². The zero-order chi connectivity index (χ0) is 33.2. The lowest BCUT2D eigenvalue weighted by molar-refractivity contribution is -0.145. The van der Waals surface area contributed by atoms with Crippen LogP contribution in [-0.2, 0) is 19.1 Å². The van der Waals surface area contributed by atoms with Gasteiger partial charge in [-0.25, -0.2) is 14.6 Å². The number of benzene rings is 1. The maximum atomic E-state index is 14.2. The summed E-state index contributed by atoms with van der Waals surface area (Å²) in [6, 6.07) is 3.52. The first-order valence-electron chi connectivity index (χ1n) is 15.6. The number of ether oxygens (including phenoxy) is 3. The van der Waals surface area contributed by atoms with E-state index in [0.717, 1.165) is 24.6 Å². The summed E-state index contributed by atoms with van der Waals surface area (Å²) in [5, 5.41) is 17.1. The van der Waals surface area contributed by atoms with Crippen molar-refractivity contribution in [2.75, 3.05) is 13.7 Å². The number of rotatable bonds is 5. The molecule has 12 nitrogen and oxygen atoms in total. The van der Waals surface area contributed by atoms with Crippen LogP contribution in [0.5, 0.6) is 11.6 Å². The summed E-state index contributed by atoms with van der Waals surface area (Å²) in [6.45, 7) is 5.24. The third-order valence-corrected chi connectivity index (χ3v) is 9.21. The second-order valence-electron chi connectivity index (χ2n) is 13.1. The summed E-state index contributed by atoms with van der Waals surface area (Å²) >= 11 is 3.51. The predicted octanol–water partition coefficient (Wildman–Crippen LogP) is 4.73. The van der Waals surface area contributed by atoms with Crippen LogP contribution in [0.15, 0.2) is 41.0 Å². The number of carboxylic acids is 1. The maximum Gasteiger partial charge on any atom is 0.408 e. The molecule has 3 heterocycles.